The number of benzene rings is 1. The smallest absolute Gasteiger partial charge is 0.407 e. The van der Waals surface area contributed by atoms with Crippen LogP contribution >= 0.6 is 0 Å². The Morgan fingerprint density at radius 1 is 1.21 bits per heavy atom. The van der Waals surface area contributed by atoms with E-state index in [4.69, 9.17) is 28.1 Å². The molecule has 1 aromatic carbocycles. The van der Waals surface area contributed by atoms with Gasteiger partial charge in [0, 0.05) is 18.7 Å². The van der Waals surface area contributed by atoms with Crippen LogP contribution in [0.15, 0.2) is 21.3 Å². The Bertz CT molecular complexity index is 1280. The quantitative estimate of drug-likeness (QED) is 0.344. The lowest BCUT2D eigenvalue weighted by Gasteiger charge is -2.47. The average molecular weight is 550 g/mol. The van der Waals surface area contributed by atoms with Gasteiger partial charge in [-0.15, -0.1) is 0 Å². The second-order valence-electron chi connectivity index (χ2n) is 10.2. The van der Waals surface area contributed by atoms with E-state index in [-0.39, 0.29) is 29.4 Å². The number of esters is 1. The largest absolute Gasteiger partial charge is 0.506 e. The number of alkyl carbamates (subject to hydrolysis) is 1. The molecule has 1 aliphatic heterocycles. The zero-order valence-corrected chi connectivity index (χ0v) is 22.6. The van der Waals surface area contributed by atoms with Gasteiger partial charge >= 0.3 is 17.7 Å². The lowest BCUT2D eigenvalue weighted by molar-refractivity contribution is -0.305. The SMILES string of the molecule is CCOC(=O)c1c(O)c2ccc(O[C@@H]3OC(C)(C)[C@H](OC)[C@H](OC(=O)NC4CCCC4)[C@H]3O)c(C)c2oc1=O. The summed E-state index contributed by atoms with van der Waals surface area (Å²) in [5.41, 5.74) is -2.44. The fourth-order valence-corrected chi connectivity index (χ4v) is 5.21. The molecule has 2 aromatic rings. The van der Waals surface area contributed by atoms with Crippen LogP contribution in [-0.2, 0) is 18.9 Å². The van der Waals surface area contributed by atoms with Crippen molar-refractivity contribution in [2.75, 3.05) is 13.7 Å². The first-order chi connectivity index (χ1) is 18.5. The molecule has 2 heterocycles. The van der Waals surface area contributed by atoms with Crippen LogP contribution in [0.3, 0.4) is 0 Å². The molecule has 1 saturated carbocycles. The second kappa shape index (κ2) is 11.4. The minimum atomic E-state index is -1.45. The van der Waals surface area contributed by atoms with Crippen molar-refractivity contribution in [3.8, 4) is 11.5 Å². The predicted molar refractivity (Wildman–Crippen MR) is 137 cm³/mol. The topological polar surface area (TPSA) is 163 Å². The number of hydrogen-bond donors (Lipinski definition) is 3. The number of methoxy groups -OCH3 is 1. The molecule has 1 saturated heterocycles. The lowest BCUT2D eigenvalue weighted by atomic mass is 9.89. The third kappa shape index (κ3) is 5.68. The maximum atomic E-state index is 12.7. The molecule has 1 aromatic heterocycles. The van der Waals surface area contributed by atoms with Gasteiger partial charge in [-0.05, 0) is 52.7 Å². The van der Waals surface area contributed by atoms with Crippen molar-refractivity contribution in [3.63, 3.8) is 0 Å². The lowest BCUT2D eigenvalue weighted by Crippen LogP contribution is -2.65. The van der Waals surface area contributed by atoms with E-state index in [1.807, 2.05) is 0 Å². The van der Waals surface area contributed by atoms with E-state index in [9.17, 15) is 24.6 Å². The molecular weight excluding hydrogens is 514 g/mol. The van der Waals surface area contributed by atoms with Gasteiger partial charge in [-0.2, -0.15) is 0 Å². The maximum absolute atomic E-state index is 12.7. The van der Waals surface area contributed by atoms with Crippen molar-refractivity contribution < 1.29 is 47.9 Å². The van der Waals surface area contributed by atoms with Crippen molar-refractivity contribution in [2.45, 2.75) is 89.6 Å². The third-order valence-corrected chi connectivity index (χ3v) is 7.16. The summed E-state index contributed by atoms with van der Waals surface area (Å²) in [5.74, 6) is -1.41. The normalized spacial score (nSPS) is 24.9. The van der Waals surface area contributed by atoms with Crippen LogP contribution in [0.5, 0.6) is 11.5 Å². The predicted octanol–water partition coefficient (Wildman–Crippen LogP) is 2.91. The minimum absolute atomic E-state index is 0.0124. The van der Waals surface area contributed by atoms with E-state index in [0.717, 1.165) is 25.7 Å². The Hall–Kier alpha value is -3.35. The molecule has 2 fully saturated rings. The van der Waals surface area contributed by atoms with Crippen LogP contribution in [0.2, 0.25) is 0 Å². The summed E-state index contributed by atoms with van der Waals surface area (Å²) in [5, 5.41) is 24.7. The van der Waals surface area contributed by atoms with Gasteiger partial charge in [0.05, 0.1) is 17.6 Å². The first kappa shape index (κ1) is 28.7. The summed E-state index contributed by atoms with van der Waals surface area (Å²) >= 11 is 0. The molecule has 0 radical (unpaired) electrons. The Morgan fingerprint density at radius 2 is 1.90 bits per heavy atom. The van der Waals surface area contributed by atoms with Crippen molar-refractivity contribution in [1.29, 1.82) is 0 Å². The second-order valence-corrected chi connectivity index (χ2v) is 10.2. The first-order valence-electron chi connectivity index (χ1n) is 13.0. The fraction of sp³-hybridized carbons (Fsp3) is 0.593. The highest BCUT2D eigenvalue weighted by Gasteiger charge is 2.53. The Labute approximate surface area is 225 Å². The van der Waals surface area contributed by atoms with Gasteiger partial charge < -0.3 is 43.6 Å². The molecule has 1 amide bonds. The summed E-state index contributed by atoms with van der Waals surface area (Å²) in [6.45, 7) is 6.59. The molecule has 4 rings (SSSR count). The summed E-state index contributed by atoms with van der Waals surface area (Å²) < 4.78 is 33.4. The molecule has 12 nitrogen and oxygen atoms in total. The molecule has 0 spiro atoms. The van der Waals surface area contributed by atoms with E-state index in [1.54, 1.807) is 27.7 Å². The number of aryl methyl sites for hydroxylation is 1. The minimum Gasteiger partial charge on any atom is -0.506 e. The number of aromatic hydroxyl groups is 1. The van der Waals surface area contributed by atoms with Gasteiger partial charge in [-0.1, -0.05) is 12.8 Å². The van der Waals surface area contributed by atoms with E-state index in [2.05, 4.69) is 5.32 Å². The monoisotopic (exact) mass is 549 g/mol. The van der Waals surface area contributed by atoms with Crippen LogP contribution in [0.4, 0.5) is 4.79 Å². The molecule has 2 aliphatic rings. The molecule has 3 N–H and O–H groups in total. The molecule has 4 atom stereocenters. The summed E-state index contributed by atoms with van der Waals surface area (Å²) in [6, 6.07) is 2.90. The van der Waals surface area contributed by atoms with E-state index < -0.39 is 59.2 Å². The summed E-state index contributed by atoms with van der Waals surface area (Å²) in [6.07, 6.45) is -1.56. The third-order valence-electron chi connectivity index (χ3n) is 7.16. The van der Waals surface area contributed by atoms with E-state index in [0.29, 0.717) is 5.56 Å². The van der Waals surface area contributed by atoms with Crippen LogP contribution in [0.25, 0.3) is 11.0 Å². The summed E-state index contributed by atoms with van der Waals surface area (Å²) in [7, 11) is 1.43. The maximum Gasteiger partial charge on any atom is 0.407 e. The number of carbonyl (C=O) groups is 2. The van der Waals surface area contributed by atoms with Gasteiger partial charge in [0.1, 0.15) is 23.2 Å². The highest BCUT2D eigenvalue weighted by Crippen LogP contribution is 2.37. The Kier molecular flexibility index (Phi) is 8.38. The zero-order chi connectivity index (χ0) is 28.5. The number of ether oxygens (including phenoxy) is 5. The highest BCUT2D eigenvalue weighted by atomic mass is 16.7. The van der Waals surface area contributed by atoms with Gasteiger partial charge in [-0.25, -0.2) is 14.4 Å². The number of aliphatic hydroxyl groups excluding tert-OH is 1. The Balaban J connectivity index is 1.61. The number of amides is 1. The van der Waals surface area contributed by atoms with Crippen LogP contribution in [0.1, 0.15) is 62.4 Å². The first-order valence-corrected chi connectivity index (χ1v) is 13.0. The standard InChI is InChI=1S/C27H35NO11/c1-6-35-23(31)17-18(29)15-11-12-16(13(2)20(15)37-24(17)32)36-25-19(30)21(22(34-5)27(3,4)39-25)38-26(33)28-14-9-7-8-10-14/h11-12,14,19,21-22,25,29-30H,6-10H2,1-5H3,(H,28,33)/t19-,21-,22-,25-/m1/s1. The van der Waals surface area contributed by atoms with Crippen molar-refractivity contribution in [2.24, 2.45) is 0 Å². The summed E-state index contributed by atoms with van der Waals surface area (Å²) in [4.78, 5) is 37.3. The zero-order valence-electron chi connectivity index (χ0n) is 22.6. The van der Waals surface area contributed by atoms with Gasteiger partial charge in [0.2, 0.25) is 6.29 Å². The van der Waals surface area contributed by atoms with Gasteiger partial charge in [0.15, 0.2) is 17.8 Å². The van der Waals surface area contributed by atoms with Crippen molar-refractivity contribution >= 4 is 23.0 Å². The molecule has 214 valence electrons. The number of carbonyl (C=O) groups excluding carboxylic acids is 2. The van der Waals surface area contributed by atoms with Gasteiger partial charge in [-0.3, -0.25) is 0 Å². The molecule has 12 heteroatoms. The Morgan fingerprint density at radius 3 is 2.54 bits per heavy atom. The number of rotatable bonds is 7. The number of aliphatic hydroxyl groups is 1. The van der Waals surface area contributed by atoms with Crippen LogP contribution < -0.4 is 15.7 Å². The molecule has 39 heavy (non-hydrogen) atoms. The van der Waals surface area contributed by atoms with Crippen molar-refractivity contribution in [1.82, 2.24) is 5.32 Å². The van der Waals surface area contributed by atoms with Gasteiger partial charge in [0.25, 0.3) is 0 Å². The molecule has 0 bridgehead atoms. The fourth-order valence-electron chi connectivity index (χ4n) is 5.21. The van der Waals surface area contributed by atoms with E-state index >= 15 is 0 Å². The molecular formula is C27H35NO11. The number of hydrogen-bond acceptors (Lipinski definition) is 11. The number of fused-ring (bicyclic) bond motifs is 1. The highest BCUT2D eigenvalue weighted by molar-refractivity contribution is 5.99. The average Bonchev–Trinajstić information content (AvgIpc) is 3.37. The molecule has 0 unspecified atom stereocenters. The van der Waals surface area contributed by atoms with Crippen LogP contribution in [0, 0.1) is 6.92 Å². The molecule has 1 aliphatic carbocycles. The van der Waals surface area contributed by atoms with Crippen LogP contribution in [-0.4, -0.2) is 72.2 Å². The van der Waals surface area contributed by atoms with Crippen molar-refractivity contribution in [3.05, 3.63) is 33.7 Å². The van der Waals surface area contributed by atoms with E-state index in [1.165, 1.54) is 19.2 Å². The number of nitrogens with one attached hydrogen (secondary N) is 1.